The molecular formula is C23H25N5O6S2. The highest BCUT2D eigenvalue weighted by atomic mass is 32.2. The van der Waals surface area contributed by atoms with Gasteiger partial charge in [0, 0.05) is 30.3 Å². The van der Waals surface area contributed by atoms with E-state index in [0.29, 0.717) is 36.8 Å². The number of ether oxygens (including phenoxy) is 3. The molecule has 0 fully saturated rings. The highest BCUT2D eigenvalue weighted by Gasteiger charge is 2.18. The molecule has 0 atom stereocenters. The van der Waals surface area contributed by atoms with Gasteiger partial charge in [-0.1, -0.05) is 6.07 Å². The van der Waals surface area contributed by atoms with Gasteiger partial charge in [-0.15, -0.1) is 0 Å². The van der Waals surface area contributed by atoms with Crippen LogP contribution < -0.4 is 24.8 Å². The first-order chi connectivity index (χ1) is 17.3. The molecule has 0 aliphatic carbocycles. The van der Waals surface area contributed by atoms with Gasteiger partial charge in [0.2, 0.25) is 5.82 Å². The topological polar surface area (TPSA) is 141 Å². The van der Waals surface area contributed by atoms with Gasteiger partial charge < -0.3 is 19.5 Å². The molecule has 3 N–H and O–H groups in total. The third-order valence-electron chi connectivity index (χ3n) is 4.54. The summed E-state index contributed by atoms with van der Waals surface area (Å²) in [4.78, 5) is 20.4. The number of aromatic nitrogens is 2. The number of amides is 1. The standard InChI is InChI=1S/C23H25N5O6S2/c1-3-33-13-14-34-18-6-4-5-16(15-18)21(29)27-23(35)26-17-7-9-19(10-8-17)36(30,31)28-20-22(32-2)25-12-11-24-20/h4-12,15H,3,13-14H2,1-2H3,(H,24,28)(H2,26,27,29,35). The molecule has 1 aromatic heterocycles. The van der Waals surface area contributed by atoms with Crippen LogP contribution in [0.2, 0.25) is 0 Å². The smallest absolute Gasteiger partial charge is 0.263 e. The van der Waals surface area contributed by atoms with Crippen LogP contribution in [0.1, 0.15) is 17.3 Å². The molecule has 0 spiro atoms. The molecule has 13 heteroatoms. The number of anilines is 2. The molecule has 190 valence electrons. The van der Waals surface area contributed by atoms with E-state index < -0.39 is 15.9 Å². The third kappa shape index (κ3) is 7.60. The SMILES string of the molecule is CCOCCOc1cccc(C(=O)NC(=S)Nc2ccc(S(=O)(=O)Nc3nccnc3OC)cc2)c1. The molecule has 0 saturated heterocycles. The summed E-state index contributed by atoms with van der Waals surface area (Å²) in [5.74, 6) is 0.118. The predicted molar refractivity (Wildman–Crippen MR) is 138 cm³/mol. The maximum atomic E-state index is 12.7. The number of carbonyl (C=O) groups is 1. The van der Waals surface area contributed by atoms with Crippen LogP contribution in [-0.4, -0.2) is 56.3 Å². The van der Waals surface area contributed by atoms with E-state index in [4.69, 9.17) is 26.4 Å². The van der Waals surface area contributed by atoms with Crippen LogP contribution in [0.5, 0.6) is 11.6 Å². The monoisotopic (exact) mass is 531 g/mol. The van der Waals surface area contributed by atoms with E-state index in [1.165, 1.54) is 43.8 Å². The predicted octanol–water partition coefficient (Wildman–Crippen LogP) is 2.83. The zero-order chi connectivity index (χ0) is 26.0. The van der Waals surface area contributed by atoms with Crippen molar-refractivity contribution in [1.29, 1.82) is 0 Å². The van der Waals surface area contributed by atoms with Gasteiger partial charge in [0.25, 0.3) is 21.8 Å². The third-order valence-corrected chi connectivity index (χ3v) is 6.09. The van der Waals surface area contributed by atoms with E-state index in [1.54, 1.807) is 24.3 Å². The second kappa shape index (κ2) is 12.8. The van der Waals surface area contributed by atoms with Crippen LogP contribution in [-0.2, 0) is 14.8 Å². The molecule has 1 heterocycles. The van der Waals surface area contributed by atoms with Gasteiger partial charge in [0.05, 0.1) is 18.6 Å². The molecule has 2 aromatic carbocycles. The van der Waals surface area contributed by atoms with Gasteiger partial charge in [-0.2, -0.15) is 0 Å². The van der Waals surface area contributed by atoms with Gasteiger partial charge in [-0.25, -0.2) is 18.4 Å². The van der Waals surface area contributed by atoms with Crippen molar-refractivity contribution in [2.45, 2.75) is 11.8 Å². The van der Waals surface area contributed by atoms with Crippen molar-refractivity contribution in [3.63, 3.8) is 0 Å². The Morgan fingerprint density at radius 2 is 1.81 bits per heavy atom. The second-order valence-electron chi connectivity index (χ2n) is 7.03. The van der Waals surface area contributed by atoms with Crippen LogP contribution in [0.15, 0.2) is 65.8 Å². The highest BCUT2D eigenvalue weighted by Crippen LogP contribution is 2.22. The van der Waals surface area contributed by atoms with Crippen molar-refractivity contribution < 1.29 is 27.4 Å². The molecule has 0 radical (unpaired) electrons. The summed E-state index contributed by atoms with van der Waals surface area (Å²) in [5.41, 5.74) is 0.837. The minimum absolute atomic E-state index is 0.0168. The molecular weight excluding hydrogens is 506 g/mol. The first-order valence-corrected chi connectivity index (χ1v) is 12.6. The molecule has 0 aliphatic rings. The Balaban J connectivity index is 1.57. The fraction of sp³-hybridized carbons (Fsp3) is 0.217. The molecule has 1 amide bonds. The van der Waals surface area contributed by atoms with Gasteiger partial charge in [0.1, 0.15) is 12.4 Å². The largest absolute Gasteiger partial charge is 0.491 e. The van der Waals surface area contributed by atoms with E-state index in [2.05, 4.69) is 25.3 Å². The number of methoxy groups -OCH3 is 1. The minimum atomic E-state index is -3.94. The van der Waals surface area contributed by atoms with E-state index in [0.717, 1.165) is 0 Å². The summed E-state index contributed by atoms with van der Waals surface area (Å²) < 4.78 is 43.5. The lowest BCUT2D eigenvalue weighted by Gasteiger charge is -2.12. The first kappa shape index (κ1) is 26.8. The number of nitrogens with zero attached hydrogens (tertiary/aromatic N) is 2. The Labute approximate surface area is 214 Å². The summed E-state index contributed by atoms with van der Waals surface area (Å²) in [6, 6.07) is 12.4. The fourth-order valence-electron chi connectivity index (χ4n) is 2.88. The number of hydrogen-bond acceptors (Lipinski definition) is 9. The lowest BCUT2D eigenvalue weighted by molar-refractivity contribution is 0.0976. The van der Waals surface area contributed by atoms with Gasteiger partial charge in [0.15, 0.2) is 5.11 Å². The number of benzene rings is 2. The number of sulfonamides is 1. The highest BCUT2D eigenvalue weighted by molar-refractivity contribution is 7.92. The van der Waals surface area contributed by atoms with Crippen LogP contribution in [0.4, 0.5) is 11.5 Å². The average Bonchev–Trinajstić information content (AvgIpc) is 2.87. The summed E-state index contributed by atoms with van der Waals surface area (Å²) in [6.07, 6.45) is 2.72. The summed E-state index contributed by atoms with van der Waals surface area (Å²) in [6.45, 7) is 3.32. The Hall–Kier alpha value is -3.81. The minimum Gasteiger partial charge on any atom is -0.491 e. The van der Waals surface area contributed by atoms with Crippen molar-refractivity contribution in [2.75, 3.05) is 37.0 Å². The Bertz CT molecular complexity index is 1300. The fourth-order valence-corrected chi connectivity index (χ4v) is 4.09. The van der Waals surface area contributed by atoms with E-state index >= 15 is 0 Å². The lowest BCUT2D eigenvalue weighted by Crippen LogP contribution is -2.34. The Kier molecular flexibility index (Phi) is 9.50. The molecule has 3 rings (SSSR count). The van der Waals surface area contributed by atoms with Crippen molar-refractivity contribution in [3.05, 3.63) is 66.5 Å². The quantitative estimate of drug-likeness (QED) is 0.250. The van der Waals surface area contributed by atoms with Crippen molar-refractivity contribution >= 4 is 44.8 Å². The number of nitrogens with one attached hydrogen (secondary N) is 3. The Morgan fingerprint density at radius 3 is 2.53 bits per heavy atom. The van der Waals surface area contributed by atoms with E-state index in [1.807, 2.05) is 6.92 Å². The van der Waals surface area contributed by atoms with Gasteiger partial charge >= 0.3 is 0 Å². The lowest BCUT2D eigenvalue weighted by atomic mass is 10.2. The summed E-state index contributed by atoms with van der Waals surface area (Å²) >= 11 is 5.21. The maximum absolute atomic E-state index is 12.7. The van der Waals surface area contributed by atoms with Crippen LogP contribution in [0, 0.1) is 0 Å². The van der Waals surface area contributed by atoms with E-state index in [9.17, 15) is 13.2 Å². The summed E-state index contributed by atoms with van der Waals surface area (Å²) in [7, 11) is -2.58. The van der Waals surface area contributed by atoms with Gasteiger partial charge in [-0.3, -0.25) is 14.8 Å². The Morgan fingerprint density at radius 1 is 1.06 bits per heavy atom. The van der Waals surface area contributed by atoms with Crippen molar-refractivity contribution in [1.82, 2.24) is 15.3 Å². The molecule has 3 aromatic rings. The van der Waals surface area contributed by atoms with Crippen LogP contribution >= 0.6 is 12.2 Å². The number of hydrogen-bond donors (Lipinski definition) is 3. The van der Waals surface area contributed by atoms with Crippen LogP contribution in [0.3, 0.4) is 0 Å². The normalized spacial score (nSPS) is 10.8. The molecule has 11 nitrogen and oxygen atoms in total. The zero-order valence-corrected chi connectivity index (χ0v) is 21.2. The first-order valence-electron chi connectivity index (χ1n) is 10.7. The number of carbonyl (C=O) groups excluding carboxylic acids is 1. The average molecular weight is 532 g/mol. The summed E-state index contributed by atoms with van der Waals surface area (Å²) in [5, 5.41) is 5.47. The van der Waals surface area contributed by atoms with Crippen molar-refractivity contribution in [3.8, 4) is 11.6 Å². The van der Waals surface area contributed by atoms with Crippen LogP contribution in [0.25, 0.3) is 0 Å². The van der Waals surface area contributed by atoms with E-state index in [-0.39, 0.29) is 21.7 Å². The molecule has 0 unspecified atom stereocenters. The second-order valence-corrected chi connectivity index (χ2v) is 9.12. The van der Waals surface area contributed by atoms with Gasteiger partial charge in [-0.05, 0) is 61.6 Å². The zero-order valence-electron chi connectivity index (χ0n) is 19.6. The van der Waals surface area contributed by atoms with Crippen molar-refractivity contribution in [2.24, 2.45) is 0 Å². The molecule has 36 heavy (non-hydrogen) atoms. The molecule has 0 saturated carbocycles. The number of thiocarbonyl (C=S) groups is 1. The maximum Gasteiger partial charge on any atom is 0.263 e. The molecule has 0 aliphatic heterocycles. The molecule has 0 bridgehead atoms. The number of rotatable bonds is 11.